The van der Waals surface area contributed by atoms with Crippen molar-refractivity contribution >= 4 is 0 Å². The van der Waals surface area contributed by atoms with E-state index in [4.69, 9.17) is 10.00 Å². The van der Waals surface area contributed by atoms with Crippen LogP contribution in [-0.2, 0) is 6.42 Å². The lowest BCUT2D eigenvalue weighted by atomic mass is 10.1. The Morgan fingerprint density at radius 2 is 2.33 bits per heavy atom. The standard InChI is InChI=1S/C13H12FN3O/c1-2-18-12-4-3-9(7-10(12)14)11-8-16-13(17-11)5-6-15/h3-4,7-8H,2,5H2,1H3,(H,16,17). The highest BCUT2D eigenvalue weighted by Gasteiger charge is 2.08. The molecule has 0 spiro atoms. The van der Waals surface area contributed by atoms with Gasteiger partial charge in [-0.15, -0.1) is 0 Å². The summed E-state index contributed by atoms with van der Waals surface area (Å²) in [6, 6.07) is 6.71. The summed E-state index contributed by atoms with van der Waals surface area (Å²) in [5.74, 6) is 0.394. The molecule has 1 aromatic carbocycles. The molecule has 18 heavy (non-hydrogen) atoms. The number of hydrogen-bond acceptors (Lipinski definition) is 3. The maximum absolute atomic E-state index is 13.7. The third kappa shape index (κ3) is 2.48. The number of aromatic nitrogens is 2. The van der Waals surface area contributed by atoms with Gasteiger partial charge in [0, 0.05) is 5.56 Å². The summed E-state index contributed by atoms with van der Waals surface area (Å²) >= 11 is 0. The van der Waals surface area contributed by atoms with E-state index in [1.54, 1.807) is 25.3 Å². The maximum Gasteiger partial charge on any atom is 0.165 e. The van der Waals surface area contributed by atoms with Crippen molar-refractivity contribution in [3.05, 3.63) is 36.0 Å². The van der Waals surface area contributed by atoms with Gasteiger partial charge >= 0.3 is 0 Å². The first kappa shape index (κ1) is 12.1. The van der Waals surface area contributed by atoms with Gasteiger partial charge in [-0.2, -0.15) is 5.26 Å². The number of rotatable bonds is 4. The summed E-state index contributed by atoms with van der Waals surface area (Å²) in [6.45, 7) is 2.23. The number of nitrogens with zero attached hydrogens (tertiary/aromatic N) is 2. The Bertz CT molecular complexity index is 586. The number of H-pyrrole nitrogens is 1. The van der Waals surface area contributed by atoms with Gasteiger partial charge in [0.25, 0.3) is 0 Å². The van der Waals surface area contributed by atoms with Crippen LogP contribution in [0.15, 0.2) is 24.4 Å². The third-order valence-electron chi connectivity index (χ3n) is 2.42. The second-order valence-corrected chi connectivity index (χ2v) is 3.66. The average molecular weight is 245 g/mol. The predicted molar refractivity (Wildman–Crippen MR) is 64.5 cm³/mol. The Hall–Kier alpha value is -2.35. The number of imidazole rings is 1. The quantitative estimate of drug-likeness (QED) is 0.900. The van der Waals surface area contributed by atoms with Crippen LogP contribution >= 0.6 is 0 Å². The van der Waals surface area contributed by atoms with Crippen molar-refractivity contribution in [2.24, 2.45) is 0 Å². The van der Waals surface area contributed by atoms with Gasteiger partial charge in [-0.05, 0) is 25.1 Å². The molecule has 5 heteroatoms. The van der Waals surface area contributed by atoms with Crippen LogP contribution in [-0.4, -0.2) is 16.6 Å². The van der Waals surface area contributed by atoms with Crippen LogP contribution in [0.4, 0.5) is 4.39 Å². The normalized spacial score (nSPS) is 10.1. The van der Waals surface area contributed by atoms with E-state index in [1.807, 2.05) is 6.07 Å². The molecular weight excluding hydrogens is 233 g/mol. The van der Waals surface area contributed by atoms with E-state index in [1.165, 1.54) is 6.07 Å². The monoisotopic (exact) mass is 245 g/mol. The summed E-state index contributed by atoms with van der Waals surface area (Å²) in [5, 5.41) is 8.55. The summed E-state index contributed by atoms with van der Waals surface area (Å²) in [5.41, 5.74) is 1.36. The van der Waals surface area contributed by atoms with Crippen molar-refractivity contribution < 1.29 is 9.13 Å². The van der Waals surface area contributed by atoms with Crippen LogP contribution in [0.3, 0.4) is 0 Å². The SMILES string of the molecule is CCOc1ccc(-c2cnc(CC#N)[nH]2)cc1F. The fraction of sp³-hybridized carbons (Fsp3) is 0.231. The first-order valence-corrected chi connectivity index (χ1v) is 5.58. The number of hydrogen-bond donors (Lipinski definition) is 1. The van der Waals surface area contributed by atoms with Crippen LogP contribution in [0.1, 0.15) is 12.7 Å². The third-order valence-corrected chi connectivity index (χ3v) is 2.42. The van der Waals surface area contributed by atoms with Crippen molar-refractivity contribution in [1.82, 2.24) is 9.97 Å². The van der Waals surface area contributed by atoms with Gasteiger partial charge in [-0.25, -0.2) is 9.37 Å². The van der Waals surface area contributed by atoms with Crippen LogP contribution in [0, 0.1) is 17.1 Å². The fourth-order valence-electron chi connectivity index (χ4n) is 1.61. The molecule has 2 rings (SSSR count). The van der Waals surface area contributed by atoms with E-state index in [9.17, 15) is 4.39 Å². The highest BCUT2D eigenvalue weighted by Crippen LogP contribution is 2.24. The molecule has 1 aromatic heterocycles. The van der Waals surface area contributed by atoms with E-state index in [2.05, 4.69) is 9.97 Å². The van der Waals surface area contributed by atoms with Gasteiger partial charge < -0.3 is 9.72 Å². The average Bonchev–Trinajstić information content (AvgIpc) is 2.81. The van der Waals surface area contributed by atoms with Crippen molar-refractivity contribution in [1.29, 1.82) is 5.26 Å². The lowest BCUT2D eigenvalue weighted by Crippen LogP contribution is -1.94. The van der Waals surface area contributed by atoms with E-state index < -0.39 is 5.82 Å². The smallest absolute Gasteiger partial charge is 0.165 e. The minimum absolute atomic E-state index is 0.208. The van der Waals surface area contributed by atoms with Gasteiger partial charge in [0.1, 0.15) is 5.82 Å². The Balaban J connectivity index is 2.28. The largest absolute Gasteiger partial charge is 0.491 e. The molecule has 1 heterocycles. The minimum atomic E-state index is -0.411. The highest BCUT2D eigenvalue weighted by atomic mass is 19.1. The number of nitriles is 1. The molecule has 0 aliphatic rings. The molecule has 0 saturated carbocycles. The maximum atomic E-state index is 13.7. The second kappa shape index (κ2) is 5.32. The molecule has 4 nitrogen and oxygen atoms in total. The summed E-state index contributed by atoms with van der Waals surface area (Å²) in [7, 11) is 0. The van der Waals surface area contributed by atoms with Crippen molar-refractivity contribution in [3.63, 3.8) is 0 Å². The molecular formula is C13H12FN3O. The number of halogens is 1. The van der Waals surface area contributed by atoms with Gasteiger partial charge in [0.2, 0.25) is 0 Å². The summed E-state index contributed by atoms with van der Waals surface area (Å²) in [6.07, 6.45) is 1.79. The lowest BCUT2D eigenvalue weighted by Gasteiger charge is -2.05. The zero-order valence-corrected chi connectivity index (χ0v) is 9.90. The highest BCUT2D eigenvalue weighted by molar-refractivity contribution is 5.59. The van der Waals surface area contributed by atoms with E-state index in [0.717, 1.165) is 0 Å². The molecule has 0 saturated heterocycles. The molecule has 0 unspecified atom stereocenters. The predicted octanol–water partition coefficient (Wildman–Crippen LogP) is 2.68. The van der Waals surface area contributed by atoms with Gasteiger partial charge in [0.05, 0.1) is 31.0 Å². The molecule has 0 bridgehead atoms. The fourth-order valence-corrected chi connectivity index (χ4v) is 1.61. The molecule has 2 aromatic rings. The van der Waals surface area contributed by atoms with E-state index in [-0.39, 0.29) is 12.2 Å². The zero-order valence-electron chi connectivity index (χ0n) is 9.90. The molecule has 0 aliphatic carbocycles. The number of aromatic amines is 1. The van der Waals surface area contributed by atoms with Crippen molar-refractivity contribution in [3.8, 4) is 23.1 Å². The Kier molecular flexibility index (Phi) is 3.58. The van der Waals surface area contributed by atoms with Gasteiger partial charge in [0.15, 0.2) is 11.6 Å². The molecule has 0 atom stereocenters. The lowest BCUT2D eigenvalue weighted by molar-refractivity contribution is 0.321. The molecule has 0 aliphatic heterocycles. The van der Waals surface area contributed by atoms with Crippen LogP contribution in [0.25, 0.3) is 11.3 Å². The minimum Gasteiger partial charge on any atom is -0.491 e. The van der Waals surface area contributed by atoms with Gasteiger partial charge in [-0.1, -0.05) is 0 Å². The molecule has 0 amide bonds. The molecule has 0 radical (unpaired) electrons. The molecule has 0 fully saturated rings. The van der Waals surface area contributed by atoms with E-state index in [0.29, 0.717) is 23.7 Å². The topological polar surface area (TPSA) is 61.7 Å². The van der Waals surface area contributed by atoms with E-state index >= 15 is 0 Å². The first-order valence-electron chi connectivity index (χ1n) is 5.58. The molecule has 1 N–H and O–H groups in total. The first-order chi connectivity index (χ1) is 8.74. The van der Waals surface area contributed by atoms with Gasteiger partial charge in [-0.3, -0.25) is 0 Å². The Morgan fingerprint density at radius 1 is 1.50 bits per heavy atom. The second-order valence-electron chi connectivity index (χ2n) is 3.66. The van der Waals surface area contributed by atoms with Crippen LogP contribution in [0.2, 0.25) is 0 Å². The van der Waals surface area contributed by atoms with Crippen molar-refractivity contribution in [2.45, 2.75) is 13.3 Å². The van der Waals surface area contributed by atoms with Crippen molar-refractivity contribution in [2.75, 3.05) is 6.61 Å². The summed E-state index contributed by atoms with van der Waals surface area (Å²) < 4.78 is 18.8. The Morgan fingerprint density at radius 3 is 3.00 bits per heavy atom. The number of nitrogens with one attached hydrogen (secondary N) is 1. The van der Waals surface area contributed by atoms with Crippen LogP contribution < -0.4 is 4.74 Å². The number of ether oxygens (including phenoxy) is 1. The number of benzene rings is 1. The summed E-state index contributed by atoms with van der Waals surface area (Å²) in [4.78, 5) is 7.01. The van der Waals surface area contributed by atoms with Crippen LogP contribution in [0.5, 0.6) is 5.75 Å². The zero-order chi connectivity index (χ0) is 13.0. The molecule has 92 valence electrons. The Labute approximate surface area is 104 Å².